The highest BCUT2D eigenvalue weighted by atomic mass is 35.5. The molecule has 1 saturated heterocycles. The molecule has 0 bridgehead atoms. The predicted molar refractivity (Wildman–Crippen MR) is 103 cm³/mol. The van der Waals surface area contributed by atoms with E-state index >= 15 is 0 Å². The molecule has 5 heteroatoms. The van der Waals surface area contributed by atoms with Gasteiger partial charge in [0.25, 0.3) is 0 Å². The molecule has 0 saturated carbocycles. The highest BCUT2D eigenvalue weighted by Gasteiger charge is 2.33. The molecule has 1 atom stereocenters. The van der Waals surface area contributed by atoms with Crippen LogP contribution >= 0.6 is 11.6 Å². The van der Waals surface area contributed by atoms with Crippen molar-refractivity contribution in [3.8, 4) is 6.07 Å². The molecule has 2 heterocycles. The van der Waals surface area contributed by atoms with E-state index in [0.717, 1.165) is 56.6 Å². The van der Waals surface area contributed by atoms with E-state index in [9.17, 15) is 10.4 Å². The van der Waals surface area contributed by atoms with Gasteiger partial charge in [0.1, 0.15) is 0 Å². The summed E-state index contributed by atoms with van der Waals surface area (Å²) in [6.45, 7) is 2.67. The molecule has 1 fully saturated rings. The Morgan fingerprint density at radius 1 is 1.19 bits per heavy atom. The van der Waals surface area contributed by atoms with Crippen molar-refractivity contribution >= 4 is 11.6 Å². The Balaban J connectivity index is 1.47. The van der Waals surface area contributed by atoms with Gasteiger partial charge in [0.05, 0.1) is 23.3 Å². The number of aromatic nitrogens is 1. The molecule has 136 valence electrons. The van der Waals surface area contributed by atoms with Gasteiger partial charge in [-0.3, -0.25) is 4.98 Å². The Bertz CT molecular complexity index is 734. The summed E-state index contributed by atoms with van der Waals surface area (Å²) >= 11 is 5.94. The lowest BCUT2D eigenvalue weighted by Gasteiger charge is -2.38. The number of halogens is 1. The molecule has 1 aromatic carbocycles. The molecule has 1 aliphatic rings. The van der Waals surface area contributed by atoms with Crippen LogP contribution in [0.25, 0.3) is 0 Å². The lowest BCUT2D eigenvalue weighted by atomic mass is 9.84. The first-order valence-electron chi connectivity index (χ1n) is 9.12. The largest absolute Gasteiger partial charge is 0.385 e. The van der Waals surface area contributed by atoms with Crippen molar-refractivity contribution in [2.75, 3.05) is 19.6 Å². The van der Waals surface area contributed by atoms with Gasteiger partial charge in [-0.2, -0.15) is 5.26 Å². The van der Waals surface area contributed by atoms with Gasteiger partial charge < -0.3 is 10.0 Å². The molecule has 0 amide bonds. The molecule has 1 aliphatic heterocycles. The lowest BCUT2D eigenvalue weighted by molar-refractivity contribution is -0.0261. The van der Waals surface area contributed by atoms with Crippen molar-refractivity contribution in [3.63, 3.8) is 0 Å². The zero-order chi connectivity index (χ0) is 18.4. The minimum absolute atomic E-state index is 0.146. The SMILES string of the molecule is N#CC(CCCN1CCC(O)(c2ccc(Cl)cc2)CC1)c1ccccn1. The summed E-state index contributed by atoms with van der Waals surface area (Å²) in [5.74, 6) is -0.146. The van der Waals surface area contributed by atoms with E-state index in [1.165, 1.54) is 0 Å². The number of piperidine rings is 1. The molecular weight excluding hydrogens is 346 g/mol. The third-order valence-corrected chi connectivity index (χ3v) is 5.48. The van der Waals surface area contributed by atoms with Crippen molar-refractivity contribution in [3.05, 3.63) is 64.9 Å². The molecule has 1 N–H and O–H groups in total. The molecule has 0 radical (unpaired) electrons. The van der Waals surface area contributed by atoms with Gasteiger partial charge in [0, 0.05) is 24.3 Å². The van der Waals surface area contributed by atoms with Gasteiger partial charge in [0.15, 0.2) is 0 Å². The van der Waals surface area contributed by atoms with Crippen molar-refractivity contribution in [2.24, 2.45) is 0 Å². The van der Waals surface area contributed by atoms with E-state index in [1.54, 1.807) is 6.20 Å². The monoisotopic (exact) mass is 369 g/mol. The van der Waals surface area contributed by atoms with Crippen LogP contribution in [0.2, 0.25) is 5.02 Å². The van der Waals surface area contributed by atoms with Crippen LogP contribution < -0.4 is 0 Å². The highest BCUT2D eigenvalue weighted by Crippen LogP contribution is 2.33. The average molecular weight is 370 g/mol. The summed E-state index contributed by atoms with van der Waals surface area (Å²) in [6, 6.07) is 15.6. The van der Waals surface area contributed by atoms with Crippen LogP contribution in [0.3, 0.4) is 0 Å². The van der Waals surface area contributed by atoms with Gasteiger partial charge in [-0.1, -0.05) is 29.8 Å². The second-order valence-corrected chi connectivity index (χ2v) is 7.40. The Hall–Kier alpha value is -1.93. The Morgan fingerprint density at radius 3 is 2.54 bits per heavy atom. The third kappa shape index (κ3) is 4.62. The molecule has 2 aromatic rings. The fraction of sp³-hybridized carbons (Fsp3) is 0.429. The third-order valence-electron chi connectivity index (χ3n) is 5.23. The quantitative estimate of drug-likeness (QED) is 0.832. The van der Waals surface area contributed by atoms with E-state index < -0.39 is 5.60 Å². The van der Waals surface area contributed by atoms with Crippen LogP contribution in [0, 0.1) is 11.3 Å². The molecule has 1 unspecified atom stereocenters. The van der Waals surface area contributed by atoms with Crippen molar-refractivity contribution in [2.45, 2.75) is 37.2 Å². The number of benzene rings is 1. The topological polar surface area (TPSA) is 60.2 Å². The summed E-state index contributed by atoms with van der Waals surface area (Å²) in [4.78, 5) is 6.67. The van der Waals surface area contributed by atoms with Gasteiger partial charge >= 0.3 is 0 Å². The number of nitrogens with zero attached hydrogens (tertiary/aromatic N) is 3. The fourth-order valence-corrected chi connectivity index (χ4v) is 3.70. The smallest absolute Gasteiger partial charge is 0.0920 e. The van der Waals surface area contributed by atoms with Crippen LogP contribution in [0.15, 0.2) is 48.7 Å². The van der Waals surface area contributed by atoms with E-state index in [2.05, 4.69) is 16.0 Å². The maximum Gasteiger partial charge on any atom is 0.0920 e. The van der Waals surface area contributed by atoms with Crippen molar-refractivity contribution < 1.29 is 5.11 Å². The second-order valence-electron chi connectivity index (χ2n) is 6.96. The predicted octanol–water partition coefficient (Wildman–Crippen LogP) is 4.11. The lowest BCUT2D eigenvalue weighted by Crippen LogP contribution is -2.42. The first kappa shape index (κ1) is 18.8. The van der Waals surface area contributed by atoms with Crippen LogP contribution in [0.1, 0.15) is 42.9 Å². The van der Waals surface area contributed by atoms with E-state index in [-0.39, 0.29) is 5.92 Å². The van der Waals surface area contributed by atoms with Gasteiger partial charge in [0.2, 0.25) is 0 Å². The Morgan fingerprint density at radius 2 is 1.92 bits per heavy atom. The highest BCUT2D eigenvalue weighted by molar-refractivity contribution is 6.30. The van der Waals surface area contributed by atoms with E-state index in [1.807, 2.05) is 42.5 Å². The van der Waals surface area contributed by atoms with Crippen molar-refractivity contribution in [1.29, 1.82) is 5.26 Å². The number of nitriles is 1. The summed E-state index contributed by atoms with van der Waals surface area (Å²) in [7, 11) is 0. The minimum Gasteiger partial charge on any atom is -0.385 e. The van der Waals surface area contributed by atoms with Crippen LogP contribution in [-0.2, 0) is 5.60 Å². The maximum atomic E-state index is 10.9. The molecule has 0 aliphatic carbocycles. The minimum atomic E-state index is -0.760. The first-order valence-corrected chi connectivity index (χ1v) is 9.50. The van der Waals surface area contributed by atoms with Gasteiger partial charge in [-0.15, -0.1) is 0 Å². The van der Waals surface area contributed by atoms with Crippen molar-refractivity contribution in [1.82, 2.24) is 9.88 Å². The van der Waals surface area contributed by atoms with Crippen LogP contribution in [0.4, 0.5) is 0 Å². The fourth-order valence-electron chi connectivity index (χ4n) is 3.58. The Kier molecular flexibility index (Phi) is 6.26. The second kappa shape index (κ2) is 8.64. The molecule has 4 nitrogen and oxygen atoms in total. The summed E-state index contributed by atoms with van der Waals surface area (Å²) in [5.41, 5.74) is 1.04. The zero-order valence-corrected chi connectivity index (χ0v) is 15.6. The molecular formula is C21H24ClN3O. The molecule has 0 spiro atoms. The van der Waals surface area contributed by atoms with E-state index in [4.69, 9.17) is 11.6 Å². The normalized spacial score (nSPS) is 18.2. The van der Waals surface area contributed by atoms with Crippen LogP contribution in [0.5, 0.6) is 0 Å². The summed E-state index contributed by atoms with van der Waals surface area (Å²) in [5, 5.41) is 21.0. The molecule has 26 heavy (non-hydrogen) atoms. The number of likely N-dealkylation sites (tertiary alicyclic amines) is 1. The number of hydrogen-bond donors (Lipinski definition) is 1. The maximum absolute atomic E-state index is 10.9. The standard InChI is InChI=1S/C21H24ClN3O/c22-19-8-6-18(7-9-19)21(26)10-14-25(15-11-21)13-3-4-17(16-23)20-5-1-2-12-24-20/h1-2,5-9,12,17,26H,3-4,10-11,13-15H2. The Labute approximate surface area is 160 Å². The average Bonchev–Trinajstić information content (AvgIpc) is 2.68. The number of hydrogen-bond acceptors (Lipinski definition) is 4. The van der Waals surface area contributed by atoms with Crippen LogP contribution in [-0.4, -0.2) is 34.6 Å². The zero-order valence-electron chi connectivity index (χ0n) is 14.8. The molecule has 3 rings (SSSR count). The molecule has 1 aromatic heterocycles. The number of pyridine rings is 1. The van der Waals surface area contributed by atoms with Gasteiger partial charge in [-0.05, 0) is 62.1 Å². The summed E-state index contributed by atoms with van der Waals surface area (Å²) in [6.07, 6.45) is 4.94. The summed E-state index contributed by atoms with van der Waals surface area (Å²) < 4.78 is 0. The van der Waals surface area contributed by atoms with E-state index in [0.29, 0.717) is 5.02 Å². The number of aliphatic hydroxyl groups is 1. The number of rotatable bonds is 6. The first-order chi connectivity index (χ1) is 12.6. The van der Waals surface area contributed by atoms with Gasteiger partial charge in [-0.25, -0.2) is 0 Å².